The third-order valence-electron chi connectivity index (χ3n) is 4.24. The van der Waals surface area contributed by atoms with Crippen LogP contribution in [0.1, 0.15) is 5.56 Å². The molecule has 0 saturated heterocycles. The van der Waals surface area contributed by atoms with Gasteiger partial charge in [0.15, 0.2) is 0 Å². The predicted octanol–water partition coefficient (Wildman–Crippen LogP) is 4.66. The molecule has 0 aliphatic heterocycles. The van der Waals surface area contributed by atoms with Crippen LogP contribution in [-0.4, -0.2) is 20.1 Å². The standard InChI is InChI=1S/C20H21N3/c1-15-9-4-7-13-18(15)22(2)20(21)23(3)19-14-8-11-16-10-5-6-12-17(16)19/h4-14,21H,1-3H3. The lowest BCUT2D eigenvalue weighted by Gasteiger charge is -2.29. The fourth-order valence-corrected chi connectivity index (χ4v) is 2.89. The van der Waals surface area contributed by atoms with Gasteiger partial charge in [0.1, 0.15) is 0 Å². The number of benzene rings is 3. The molecule has 3 heteroatoms. The van der Waals surface area contributed by atoms with Gasteiger partial charge in [0.2, 0.25) is 5.96 Å². The average Bonchev–Trinajstić information content (AvgIpc) is 2.60. The van der Waals surface area contributed by atoms with Gasteiger partial charge in [-0.25, -0.2) is 0 Å². The number of hydrogen-bond acceptors (Lipinski definition) is 1. The Balaban J connectivity index is 1.97. The molecule has 1 N–H and O–H groups in total. The maximum absolute atomic E-state index is 8.60. The highest BCUT2D eigenvalue weighted by Crippen LogP contribution is 2.27. The zero-order valence-corrected chi connectivity index (χ0v) is 13.7. The Kier molecular flexibility index (Phi) is 4.02. The smallest absolute Gasteiger partial charge is 0.202 e. The van der Waals surface area contributed by atoms with Crippen LogP contribution >= 0.6 is 0 Å². The van der Waals surface area contributed by atoms with Crippen molar-refractivity contribution in [1.29, 1.82) is 5.41 Å². The van der Waals surface area contributed by atoms with Crippen LogP contribution in [0, 0.1) is 12.3 Å². The summed E-state index contributed by atoms with van der Waals surface area (Å²) < 4.78 is 0. The number of guanidine groups is 1. The second-order valence-electron chi connectivity index (χ2n) is 5.73. The first-order valence-corrected chi connectivity index (χ1v) is 7.69. The molecule has 23 heavy (non-hydrogen) atoms. The summed E-state index contributed by atoms with van der Waals surface area (Å²) in [5.74, 6) is 0.440. The van der Waals surface area contributed by atoms with Gasteiger partial charge in [-0.15, -0.1) is 0 Å². The summed E-state index contributed by atoms with van der Waals surface area (Å²) in [5, 5.41) is 10.9. The average molecular weight is 303 g/mol. The highest BCUT2D eigenvalue weighted by molar-refractivity contribution is 6.09. The second kappa shape index (κ2) is 6.13. The van der Waals surface area contributed by atoms with Gasteiger partial charge >= 0.3 is 0 Å². The molecule has 116 valence electrons. The van der Waals surface area contributed by atoms with Crippen LogP contribution in [0.25, 0.3) is 10.8 Å². The normalized spacial score (nSPS) is 10.6. The summed E-state index contributed by atoms with van der Waals surface area (Å²) >= 11 is 0. The number of nitrogens with one attached hydrogen (secondary N) is 1. The zero-order valence-electron chi connectivity index (χ0n) is 13.7. The van der Waals surface area contributed by atoms with E-state index in [1.165, 1.54) is 5.39 Å². The number of nitrogens with zero attached hydrogens (tertiary/aromatic N) is 2. The van der Waals surface area contributed by atoms with Crippen molar-refractivity contribution in [3.8, 4) is 0 Å². The van der Waals surface area contributed by atoms with Gasteiger partial charge in [-0.3, -0.25) is 5.41 Å². The molecule has 3 aromatic carbocycles. The lowest BCUT2D eigenvalue weighted by atomic mass is 10.1. The Morgan fingerprint density at radius 3 is 2.09 bits per heavy atom. The SMILES string of the molecule is Cc1ccccc1N(C)C(=N)N(C)c1cccc2ccccc12. The lowest BCUT2D eigenvalue weighted by molar-refractivity contribution is 1.11. The molecular formula is C20H21N3. The predicted molar refractivity (Wildman–Crippen MR) is 99.7 cm³/mol. The van der Waals surface area contributed by atoms with E-state index in [0.29, 0.717) is 5.96 Å². The topological polar surface area (TPSA) is 30.3 Å². The van der Waals surface area contributed by atoms with E-state index in [4.69, 9.17) is 5.41 Å². The monoisotopic (exact) mass is 303 g/mol. The maximum Gasteiger partial charge on any atom is 0.202 e. The number of anilines is 2. The summed E-state index contributed by atoms with van der Waals surface area (Å²) in [6.45, 7) is 2.07. The minimum absolute atomic E-state index is 0.440. The van der Waals surface area contributed by atoms with E-state index in [0.717, 1.165) is 22.3 Å². The molecule has 0 bridgehead atoms. The fourth-order valence-electron chi connectivity index (χ4n) is 2.89. The molecular weight excluding hydrogens is 282 g/mol. The van der Waals surface area contributed by atoms with Crippen LogP contribution in [0.4, 0.5) is 11.4 Å². The first kappa shape index (κ1) is 15.1. The summed E-state index contributed by atoms with van der Waals surface area (Å²) in [7, 11) is 3.88. The Hall–Kier alpha value is -2.81. The zero-order chi connectivity index (χ0) is 16.4. The summed E-state index contributed by atoms with van der Waals surface area (Å²) in [6, 6.07) is 22.6. The molecule has 3 aromatic rings. The van der Waals surface area contributed by atoms with Crippen LogP contribution < -0.4 is 9.80 Å². The van der Waals surface area contributed by atoms with Crippen molar-refractivity contribution in [2.45, 2.75) is 6.92 Å². The quantitative estimate of drug-likeness (QED) is 0.551. The first-order chi connectivity index (χ1) is 11.1. The molecule has 0 atom stereocenters. The minimum Gasteiger partial charge on any atom is -0.315 e. The van der Waals surface area contributed by atoms with E-state index in [-0.39, 0.29) is 0 Å². The third-order valence-corrected chi connectivity index (χ3v) is 4.24. The van der Waals surface area contributed by atoms with Crippen LogP contribution in [-0.2, 0) is 0 Å². The van der Waals surface area contributed by atoms with Crippen LogP contribution in [0.5, 0.6) is 0 Å². The van der Waals surface area contributed by atoms with Gasteiger partial charge in [0, 0.05) is 25.2 Å². The Morgan fingerprint density at radius 1 is 0.739 bits per heavy atom. The summed E-state index contributed by atoms with van der Waals surface area (Å²) in [4.78, 5) is 3.84. The second-order valence-corrected chi connectivity index (χ2v) is 5.73. The summed E-state index contributed by atoms with van der Waals surface area (Å²) in [5.41, 5.74) is 3.24. The number of para-hydroxylation sites is 1. The molecule has 0 heterocycles. The molecule has 3 nitrogen and oxygen atoms in total. The van der Waals surface area contributed by atoms with Crippen molar-refractivity contribution in [3.05, 3.63) is 72.3 Å². The minimum atomic E-state index is 0.440. The molecule has 0 amide bonds. The van der Waals surface area contributed by atoms with E-state index in [1.54, 1.807) is 0 Å². The summed E-state index contributed by atoms with van der Waals surface area (Å²) in [6.07, 6.45) is 0. The fraction of sp³-hybridized carbons (Fsp3) is 0.150. The van der Waals surface area contributed by atoms with Crippen molar-refractivity contribution in [3.63, 3.8) is 0 Å². The van der Waals surface area contributed by atoms with Crippen LogP contribution in [0.2, 0.25) is 0 Å². The molecule has 0 aliphatic rings. The van der Waals surface area contributed by atoms with Crippen molar-refractivity contribution < 1.29 is 0 Å². The molecule has 0 saturated carbocycles. The van der Waals surface area contributed by atoms with Gasteiger partial charge in [-0.2, -0.15) is 0 Å². The number of rotatable bonds is 2. The van der Waals surface area contributed by atoms with E-state index in [2.05, 4.69) is 37.3 Å². The van der Waals surface area contributed by atoms with Gasteiger partial charge in [-0.1, -0.05) is 54.6 Å². The van der Waals surface area contributed by atoms with Crippen LogP contribution in [0.3, 0.4) is 0 Å². The Labute approximate surface area is 137 Å². The molecule has 0 aromatic heterocycles. The van der Waals surface area contributed by atoms with E-state index in [9.17, 15) is 0 Å². The molecule has 3 rings (SSSR count). The van der Waals surface area contributed by atoms with Gasteiger partial charge < -0.3 is 9.80 Å². The number of aryl methyl sites for hydroxylation is 1. The molecule has 0 radical (unpaired) electrons. The van der Waals surface area contributed by atoms with Crippen LogP contribution in [0.15, 0.2) is 66.7 Å². The first-order valence-electron chi connectivity index (χ1n) is 7.69. The molecule has 0 unspecified atom stereocenters. The van der Waals surface area contributed by atoms with Crippen molar-refractivity contribution in [2.75, 3.05) is 23.9 Å². The molecule has 0 fully saturated rings. The third kappa shape index (κ3) is 2.78. The van der Waals surface area contributed by atoms with Crippen molar-refractivity contribution in [1.82, 2.24) is 0 Å². The molecule has 0 spiro atoms. The Bertz CT molecular complexity index is 849. The largest absolute Gasteiger partial charge is 0.315 e. The van der Waals surface area contributed by atoms with Gasteiger partial charge in [-0.05, 0) is 30.0 Å². The maximum atomic E-state index is 8.60. The highest BCUT2D eigenvalue weighted by Gasteiger charge is 2.16. The van der Waals surface area contributed by atoms with Crippen molar-refractivity contribution >= 4 is 28.1 Å². The van der Waals surface area contributed by atoms with Gasteiger partial charge in [0.25, 0.3) is 0 Å². The highest BCUT2D eigenvalue weighted by atomic mass is 15.3. The van der Waals surface area contributed by atoms with Gasteiger partial charge in [0.05, 0.1) is 5.69 Å². The number of hydrogen-bond donors (Lipinski definition) is 1. The lowest BCUT2D eigenvalue weighted by Crippen LogP contribution is -2.40. The van der Waals surface area contributed by atoms with Crippen molar-refractivity contribution in [2.24, 2.45) is 0 Å². The van der Waals surface area contributed by atoms with E-state index >= 15 is 0 Å². The van der Waals surface area contributed by atoms with E-state index in [1.807, 2.05) is 60.3 Å². The Morgan fingerprint density at radius 2 is 1.30 bits per heavy atom. The number of fused-ring (bicyclic) bond motifs is 1. The molecule has 0 aliphatic carbocycles. The van der Waals surface area contributed by atoms with E-state index < -0.39 is 0 Å².